The number of carbonyl (C=O) groups excluding carboxylic acids is 3. The molecule has 2 amide bonds. The zero-order valence-electron chi connectivity index (χ0n) is 20.9. The van der Waals surface area contributed by atoms with Crippen LogP contribution in [0.15, 0.2) is 60.7 Å². The standard InChI is InChI=1S/C27H24N4O8/c1-2-37-27(34)39-19-13-15-29(16-14-19)24-22(31(35)36)11-12-23(28-24)38-18-9-7-17(8-10-18)30-25(32)20-5-3-4-6-21(20)26(30)33/h3-12,19H,2,13-16H2,1H3. The van der Waals surface area contributed by atoms with Gasteiger partial charge in [-0.1, -0.05) is 12.1 Å². The van der Waals surface area contributed by atoms with Gasteiger partial charge in [-0.3, -0.25) is 19.7 Å². The maximum atomic E-state index is 12.7. The maximum Gasteiger partial charge on any atom is 0.508 e. The van der Waals surface area contributed by atoms with Crippen molar-refractivity contribution in [1.82, 2.24) is 4.98 Å². The van der Waals surface area contributed by atoms with Gasteiger partial charge in [-0.2, -0.15) is 4.98 Å². The number of anilines is 2. The number of rotatable bonds is 7. The van der Waals surface area contributed by atoms with Gasteiger partial charge in [0.1, 0.15) is 11.9 Å². The summed E-state index contributed by atoms with van der Waals surface area (Å²) in [4.78, 5) is 55.5. The van der Waals surface area contributed by atoms with E-state index in [1.54, 1.807) is 60.4 Å². The topological polar surface area (TPSA) is 141 Å². The molecule has 200 valence electrons. The third-order valence-electron chi connectivity index (χ3n) is 6.40. The number of hydrogen-bond acceptors (Lipinski definition) is 10. The monoisotopic (exact) mass is 532 g/mol. The molecule has 12 nitrogen and oxygen atoms in total. The molecule has 1 fully saturated rings. The van der Waals surface area contributed by atoms with Gasteiger partial charge in [-0.15, -0.1) is 0 Å². The summed E-state index contributed by atoms with van der Waals surface area (Å²) in [6.07, 6.45) is -0.159. The van der Waals surface area contributed by atoms with Gasteiger partial charge >= 0.3 is 11.8 Å². The zero-order chi connectivity index (χ0) is 27.5. The molecule has 12 heteroatoms. The summed E-state index contributed by atoms with van der Waals surface area (Å²) in [7, 11) is 0. The highest BCUT2D eigenvalue weighted by atomic mass is 16.7. The molecule has 0 bridgehead atoms. The minimum atomic E-state index is -0.732. The average molecular weight is 533 g/mol. The fourth-order valence-electron chi connectivity index (χ4n) is 4.54. The Balaban J connectivity index is 1.29. The predicted molar refractivity (Wildman–Crippen MR) is 138 cm³/mol. The van der Waals surface area contributed by atoms with Gasteiger partial charge in [0.15, 0.2) is 0 Å². The lowest BCUT2D eigenvalue weighted by atomic mass is 10.1. The number of nitrogens with zero attached hydrogens (tertiary/aromatic N) is 4. The second-order valence-electron chi connectivity index (χ2n) is 8.82. The van der Waals surface area contributed by atoms with Crippen molar-refractivity contribution in [2.24, 2.45) is 0 Å². The molecule has 5 rings (SSSR count). The van der Waals surface area contributed by atoms with E-state index in [1.165, 1.54) is 12.1 Å². The molecule has 2 aromatic carbocycles. The van der Waals surface area contributed by atoms with Gasteiger partial charge in [0.05, 0.1) is 28.3 Å². The van der Waals surface area contributed by atoms with Crippen LogP contribution < -0.4 is 14.5 Å². The summed E-state index contributed by atoms with van der Waals surface area (Å²) >= 11 is 0. The molecule has 3 aromatic rings. The SMILES string of the molecule is CCOC(=O)OC1CCN(c2nc(Oc3ccc(N4C(=O)c5ccccc5C4=O)cc3)ccc2[N+](=O)[O-])CC1. The summed E-state index contributed by atoms with van der Waals surface area (Å²) in [5.74, 6) is -0.155. The third kappa shape index (κ3) is 5.21. The number of benzene rings is 2. The molecule has 1 aromatic heterocycles. The van der Waals surface area contributed by atoms with Crippen molar-refractivity contribution in [1.29, 1.82) is 0 Å². The Morgan fingerprint density at radius 1 is 1.00 bits per heavy atom. The number of imide groups is 1. The lowest BCUT2D eigenvalue weighted by Gasteiger charge is -2.31. The zero-order valence-corrected chi connectivity index (χ0v) is 20.9. The van der Waals surface area contributed by atoms with Crippen molar-refractivity contribution in [3.63, 3.8) is 0 Å². The number of nitro groups is 1. The van der Waals surface area contributed by atoms with Crippen molar-refractivity contribution in [2.45, 2.75) is 25.9 Å². The summed E-state index contributed by atoms with van der Waals surface area (Å²) in [5, 5.41) is 11.7. The molecular weight excluding hydrogens is 508 g/mol. The minimum Gasteiger partial charge on any atom is -0.439 e. The summed E-state index contributed by atoms with van der Waals surface area (Å²) in [6, 6.07) is 15.7. The van der Waals surface area contributed by atoms with Crippen LogP contribution in [-0.4, -0.2) is 53.7 Å². The number of amides is 2. The molecule has 2 aliphatic rings. The number of ether oxygens (including phenoxy) is 3. The normalized spacial score (nSPS) is 15.2. The molecule has 0 radical (unpaired) electrons. The number of carbonyl (C=O) groups is 3. The molecular formula is C27H24N4O8. The van der Waals surface area contributed by atoms with E-state index in [0.29, 0.717) is 48.5 Å². The first-order chi connectivity index (χ1) is 18.9. The van der Waals surface area contributed by atoms with Gasteiger partial charge in [-0.25, -0.2) is 9.69 Å². The van der Waals surface area contributed by atoms with E-state index in [-0.39, 0.29) is 30.1 Å². The van der Waals surface area contributed by atoms with Gasteiger partial charge in [0, 0.05) is 38.1 Å². The molecule has 0 saturated carbocycles. The van der Waals surface area contributed by atoms with E-state index < -0.39 is 22.9 Å². The van der Waals surface area contributed by atoms with Gasteiger partial charge < -0.3 is 19.1 Å². The largest absolute Gasteiger partial charge is 0.508 e. The number of piperidine rings is 1. The minimum absolute atomic E-state index is 0.133. The Hall–Kier alpha value is -5.00. The summed E-state index contributed by atoms with van der Waals surface area (Å²) < 4.78 is 15.9. The van der Waals surface area contributed by atoms with Gasteiger partial charge in [-0.05, 0) is 43.3 Å². The first-order valence-corrected chi connectivity index (χ1v) is 12.3. The van der Waals surface area contributed by atoms with Crippen LogP contribution in [0.4, 0.5) is 22.0 Å². The first-order valence-electron chi connectivity index (χ1n) is 12.3. The smallest absolute Gasteiger partial charge is 0.439 e. The molecule has 0 spiro atoms. The van der Waals surface area contributed by atoms with Gasteiger partial charge in [0.25, 0.3) is 11.8 Å². The molecule has 0 atom stereocenters. The van der Waals surface area contributed by atoms with Gasteiger partial charge in [0.2, 0.25) is 11.7 Å². The Bertz CT molecular complexity index is 1400. The highest BCUT2D eigenvalue weighted by molar-refractivity contribution is 6.34. The Morgan fingerprint density at radius 3 is 2.23 bits per heavy atom. The first kappa shape index (κ1) is 25.6. The van der Waals surface area contributed by atoms with Crippen molar-refractivity contribution < 1.29 is 33.5 Å². The second kappa shape index (κ2) is 10.8. The Labute approximate surface area is 222 Å². The van der Waals surface area contributed by atoms with E-state index >= 15 is 0 Å². The van der Waals surface area contributed by atoms with Crippen molar-refractivity contribution in [2.75, 3.05) is 29.5 Å². The molecule has 0 unspecified atom stereocenters. The molecule has 1 saturated heterocycles. The quantitative estimate of drug-likeness (QED) is 0.181. The van der Waals surface area contributed by atoms with Crippen LogP contribution in [0.5, 0.6) is 11.6 Å². The molecule has 0 aliphatic carbocycles. The van der Waals surface area contributed by atoms with E-state index in [4.69, 9.17) is 14.2 Å². The molecule has 39 heavy (non-hydrogen) atoms. The fraction of sp³-hybridized carbons (Fsp3) is 0.259. The Morgan fingerprint density at radius 2 is 1.64 bits per heavy atom. The van der Waals surface area contributed by atoms with Crippen molar-refractivity contribution >= 4 is 35.2 Å². The average Bonchev–Trinajstić information content (AvgIpc) is 3.19. The molecule has 2 aliphatic heterocycles. The van der Waals surface area contributed by atoms with Crippen molar-refractivity contribution in [3.8, 4) is 11.6 Å². The number of hydrogen-bond donors (Lipinski definition) is 0. The van der Waals surface area contributed by atoms with Crippen LogP contribution in [0.2, 0.25) is 0 Å². The van der Waals surface area contributed by atoms with E-state index in [0.717, 1.165) is 4.90 Å². The van der Waals surface area contributed by atoms with Crippen LogP contribution >= 0.6 is 0 Å². The summed E-state index contributed by atoms with van der Waals surface area (Å²) in [6.45, 7) is 2.67. The second-order valence-corrected chi connectivity index (χ2v) is 8.82. The Kier molecular flexibility index (Phi) is 7.08. The number of pyridine rings is 1. The van der Waals surface area contributed by atoms with Crippen LogP contribution in [0.1, 0.15) is 40.5 Å². The molecule has 3 heterocycles. The van der Waals surface area contributed by atoms with Crippen LogP contribution in [0.25, 0.3) is 0 Å². The van der Waals surface area contributed by atoms with Crippen molar-refractivity contribution in [3.05, 3.63) is 81.9 Å². The van der Waals surface area contributed by atoms with E-state index in [9.17, 15) is 24.5 Å². The lowest BCUT2D eigenvalue weighted by molar-refractivity contribution is -0.384. The highest BCUT2D eigenvalue weighted by Crippen LogP contribution is 2.34. The van der Waals surface area contributed by atoms with Crippen LogP contribution in [0.3, 0.4) is 0 Å². The van der Waals surface area contributed by atoms with E-state index in [2.05, 4.69) is 4.98 Å². The highest BCUT2D eigenvalue weighted by Gasteiger charge is 2.36. The fourth-order valence-corrected chi connectivity index (χ4v) is 4.54. The maximum absolute atomic E-state index is 12.7. The number of aromatic nitrogens is 1. The summed E-state index contributed by atoms with van der Waals surface area (Å²) in [5.41, 5.74) is 0.913. The molecule has 0 N–H and O–H groups in total. The van der Waals surface area contributed by atoms with E-state index in [1.807, 2.05) is 0 Å². The van der Waals surface area contributed by atoms with Crippen LogP contribution in [0, 0.1) is 10.1 Å². The number of fused-ring (bicyclic) bond motifs is 1. The third-order valence-corrected chi connectivity index (χ3v) is 6.40. The van der Waals surface area contributed by atoms with Crippen LogP contribution in [-0.2, 0) is 9.47 Å². The predicted octanol–water partition coefficient (Wildman–Crippen LogP) is 4.72. The lowest BCUT2D eigenvalue weighted by Crippen LogP contribution is -2.38.